The number of nitrogens with one attached hydrogen (secondary N) is 1. The minimum absolute atomic E-state index is 0.00551. The molecule has 0 bridgehead atoms. The van der Waals surface area contributed by atoms with Gasteiger partial charge in [0.25, 0.3) is 5.91 Å². The number of aromatic nitrogens is 2. The van der Waals surface area contributed by atoms with Crippen molar-refractivity contribution >= 4 is 30.2 Å². The maximum absolute atomic E-state index is 11.5. The number of halogens is 1. The van der Waals surface area contributed by atoms with Crippen LogP contribution in [0.25, 0.3) is 0 Å². The van der Waals surface area contributed by atoms with Crippen LogP contribution in [0.4, 0.5) is 0 Å². The summed E-state index contributed by atoms with van der Waals surface area (Å²) >= 11 is 5.83. The molecule has 0 fully saturated rings. The fourth-order valence-electron chi connectivity index (χ4n) is 1.53. The molecule has 1 aliphatic rings. The molecule has 0 saturated carbocycles. The molecule has 1 atom stereocenters. The SMILES string of the molecule is C[C@@H]1CNC(=O)c2c(Cl)c(B(O)O)nn21. The number of fused-ring (bicyclic) bond motifs is 1. The zero-order valence-corrected chi connectivity index (χ0v) is 8.69. The molecule has 0 aromatic carbocycles. The third kappa shape index (κ3) is 1.52. The van der Waals surface area contributed by atoms with Crippen molar-refractivity contribution in [2.75, 3.05) is 6.54 Å². The lowest BCUT2D eigenvalue weighted by atomic mass is 9.86. The second-order valence-corrected chi connectivity index (χ2v) is 3.80. The van der Waals surface area contributed by atoms with Crippen LogP contribution in [0, 0.1) is 0 Å². The number of carbonyl (C=O) groups is 1. The molecule has 1 aromatic heterocycles. The fraction of sp³-hybridized carbons (Fsp3) is 0.429. The van der Waals surface area contributed by atoms with Gasteiger partial charge in [-0.25, -0.2) is 0 Å². The van der Waals surface area contributed by atoms with Gasteiger partial charge in [0.05, 0.1) is 11.1 Å². The van der Waals surface area contributed by atoms with E-state index in [0.717, 1.165) is 0 Å². The average Bonchev–Trinajstić information content (AvgIpc) is 2.51. The maximum Gasteiger partial charge on any atom is 0.511 e. The highest BCUT2D eigenvalue weighted by Gasteiger charge is 2.32. The standard InChI is InChI=1S/C7H9BClN3O3/c1-3-2-10-7(13)5-4(9)6(8(14)15)11-12(3)5/h3,14-15H,2H2,1H3,(H,10,13)/t3-/m1/s1. The Morgan fingerprint density at radius 1 is 1.67 bits per heavy atom. The van der Waals surface area contributed by atoms with E-state index in [9.17, 15) is 4.79 Å². The Morgan fingerprint density at radius 2 is 2.33 bits per heavy atom. The molecule has 8 heteroatoms. The van der Waals surface area contributed by atoms with Crippen LogP contribution < -0.4 is 10.9 Å². The van der Waals surface area contributed by atoms with Gasteiger partial charge in [0.2, 0.25) is 0 Å². The van der Waals surface area contributed by atoms with Gasteiger partial charge in [-0.2, -0.15) is 5.10 Å². The monoisotopic (exact) mass is 229 g/mol. The van der Waals surface area contributed by atoms with Crippen LogP contribution in [0.5, 0.6) is 0 Å². The zero-order chi connectivity index (χ0) is 11.2. The van der Waals surface area contributed by atoms with Crippen LogP contribution in [0.3, 0.4) is 0 Å². The smallest absolute Gasteiger partial charge is 0.422 e. The molecule has 3 N–H and O–H groups in total. The first-order valence-corrected chi connectivity index (χ1v) is 4.82. The minimum atomic E-state index is -1.77. The van der Waals surface area contributed by atoms with Gasteiger partial charge in [-0.3, -0.25) is 9.48 Å². The lowest BCUT2D eigenvalue weighted by Crippen LogP contribution is -2.38. The van der Waals surface area contributed by atoms with E-state index in [1.165, 1.54) is 4.68 Å². The largest absolute Gasteiger partial charge is 0.511 e. The number of rotatable bonds is 1. The summed E-state index contributed by atoms with van der Waals surface area (Å²) in [6, 6.07) is -0.0531. The Hall–Kier alpha value is -1.05. The Labute approximate surface area is 91.0 Å². The summed E-state index contributed by atoms with van der Waals surface area (Å²) in [5.74, 6) is -0.350. The van der Waals surface area contributed by atoms with Gasteiger partial charge in [-0.1, -0.05) is 11.6 Å². The molecular weight excluding hydrogens is 220 g/mol. The summed E-state index contributed by atoms with van der Waals surface area (Å²) in [7, 11) is -1.77. The molecule has 2 rings (SSSR count). The zero-order valence-electron chi connectivity index (χ0n) is 7.94. The molecule has 1 amide bonds. The molecule has 80 valence electrons. The number of carbonyl (C=O) groups excluding carboxylic acids is 1. The average molecular weight is 229 g/mol. The van der Waals surface area contributed by atoms with E-state index in [-0.39, 0.29) is 28.3 Å². The third-order valence-corrected chi connectivity index (χ3v) is 2.69. The van der Waals surface area contributed by atoms with Crippen LogP contribution in [-0.2, 0) is 0 Å². The summed E-state index contributed by atoms with van der Waals surface area (Å²) in [5.41, 5.74) is 0.0917. The summed E-state index contributed by atoms with van der Waals surface area (Å²) in [6.45, 7) is 2.30. The predicted octanol–water partition coefficient (Wildman–Crippen LogP) is -1.48. The molecule has 0 spiro atoms. The molecule has 2 heterocycles. The molecule has 0 saturated heterocycles. The maximum atomic E-state index is 11.5. The van der Waals surface area contributed by atoms with Crippen LogP contribution in [0.2, 0.25) is 5.02 Å². The first-order valence-electron chi connectivity index (χ1n) is 4.44. The number of amides is 1. The molecule has 0 unspecified atom stereocenters. The summed E-state index contributed by atoms with van der Waals surface area (Å²) in [4.78, 5) is 11.5. The Kier molecular flexibility index (Phi) is 2.45. The van der Waals surface area contributed by atoms with E-state index >= 15 is 0 Å². The normalized spacial score (nSPS) is 19.7. The van der Waals surface area contributed by atoms with E-state index < -0.39 is 7.12 Å². The van der Waals surface area contributed by atoms with Crippen molar-refractivity contribution in [1.29, 1.82) is 0 Å². The van der Waals surface area contributed by atoms with Crippen LogP contribution in [-0.4, -0.2) is 39.4 Å². The molecule has 0 aliphatic carbocycles. The lowest BCUT2D eigenvalue weighted by molar-refractivity contribution is 0.0913. The van der Waals surface area contributed by atoms with E-state index in [4.69, 9.17) is 21.6 Å². The van der Waals surface area contributed by atoms with Crippen molar-refractivity contribution in [2.24, 2.45) is 0 Å². The summed E-state index contributed by atoms with van der Waals surface area (Å²) in [6.07, 6.45) is 0. The van der Waals surface area contributed by atoms with E-state index in [0.29, 0.717) is 6.54 Å². The van der Waals surface area contributed by atoms with E-state index in [2.05, 4.69) is 10.4 Å². The van der Waals surface area contributed by atoms with Gasteiger partial charge in [0.15, 0.2) is 0 Å². The summed E-state index contributed by atoms with van der Waals surface area (Å²) < 4.78 is 1.41. The second-order valence-electron chi connectivity index (χ2n) is 3.43. The highest BCUT2D eigenvalue weighted by atomic mass is 35.5. The highest BCUT2D eigenvalue weighted by molar-refractivity contribution is 6.62. The topological polar surface area (TPSA) is 87.4 Å². The van der Waals surface area contributed by atoms with Crippen molar-refractivity contribution in [3.05, 3.63) is 10.7 Å². The van der Waals surface area contributed by atoms with Crippen molar-refractivity contribution in [3.63, 3.8) is 0 Å². The molecule has 15 heavy (non-hydrogen) atoms. The van der Waals surface area contributed by atoms with Crippen molar-refractivity contribution < 1.29 is 14.8 Å². The quantitative estimate of drug-likeness (QED) is 0.513. The van der Waals surface area contributed by atoms with Gasteiger partial charge in [-0.15, -0.1) is 0 Å². The first kappa shape index (κ1) is 10.5. The van der Waals surface area contributed by atoms with Crippen molar-refractivity contribution in [2.45, 2.75) is 13.0 Å². The number of hydrogen-bond acceptors (Lipinski definition) is 4. The Balaban J connectivity index is 2.59. The molecule has 0 radical (unpaired) electrons. The van der Waals surface area contributed by atoms with Gasteiger partial charge < -0.3 is 15.4 Å². The molecule has 1 aromatic rings. The van der Waals surface area contributed by atoms with Gasteiger partial charge >= 0.3 is 7.12 Å². The minimum Gasteiger partial charge on any atom is -0.422 e. The molecule has 6 nitrogen and oxygen atoms in total. The van der Waals surface area contributed by atoms with Gasteiger partial charge in [0, 0.05) is 6.54 Å². The van der Waals surface area contributed by atoms with Crippen molar-refractivity contribution in [1.82, 2.24) is 15.1 Å². The first-order chi connectivity index (χ1) is 7.02. The molecular formula is C7H9BClN3O3. The molecule has 1 aliphatic heterocycles. The van der Waals surface area contributed by atoms with E-state index in [1.807, 2.05) is 6.92 Å². The fourth-order valence-corrected chi connectivity index (χ4v) is 1.84. The number of hydrogen-bond donors (Lipinski definition) is 3. The van der Waals surface area contributed by atoms with Gasteiger partial charge in [0.1, 0.15) is 11.3 Å². The number of nitrogens with zero attached hydrogens (tertiary/aromatic N) is 2. The van der Waals surface area contributed by atoms with Gasteiger partial charge in [-0.05, 0) is 6.92 Å². The van der Waals surface area contributed by atoms with Crippen LogP contribution in [0.15, 0.2) is 0 Å². The van der Waals surface area contributed by atoms with Crippen LogP contribution >= 0.6 is 11.6 Å². The van der Waals surface area contributed by atoms with Crippen molar-refractivity contribution in [3.8, 4) is 0 Å². The second kappa shape index (κ2) is 3.51. The van der Waals surface area contributed by atoms with E-state index in [1.54, 1.807) is 0 Å². The third-order valence-electron chi connectivity index (χ3n) is 2.31. The Bertz CT molecular complexity index is 420. The highest BCUT2D eigenvalue weighted by Crippen LogP contribution is 2.20. The Morgan fingerprint density at radius 3 is 2.87 bits per heavy atom. The van der Waals surface area contributed by atoms with Crippen LogP contribution in [0.1, 0.15) is 23.5 Å². The predicted molar refractivity (Wildman–Crippen MR) is 54.1 cm³/mol. The summed E-state index contributed by atoms with van der Waals surface area (Å²) in [5, 5.41) is 24.5. The lowest BCUT2D eigenvalue weighted by Gasteiger charge is -2.21.